The van der Waals surface area contributed by atoms with Crippen LogP contribution in [0.25, 0.3) is 11.4 Å². The normalized spacial score (nSPS) is 19.4. The number of hydrogen-bond donors (Lipinski definition) is 0. The van der Waals surface area contributed by atoms with Crippen LogP contribution in [0.4, 0.5) is 5.69 Å². The molecule has 1 aromatic heterocycles. The summed E-state index contributed by atoms with van der Waals surface area (Å²) in [5, 5.41) is 13.9. The number of carbonyl (C=O) groups excluding carboxylic acids is 2. The molecule has 0 spiro atoms. The molecular weight excluding hydrogens is 452 g/mol. The number of imide groups is 1. The Kier molecular flexibility index (Phi) is 5.17. The molecule has 1 fully saturated rings. The zero-order chi connectivity index (χ0) is 23.1. The average molecular weight is 469 g/mol. The molecule has 0 unspecified atom stereocenters. The largest absolute Gasteiger partial charge is 0.493 e. The third kappa shape index (κ3) is 3.55. The summed E-state index contributed by atoms with van der Waals surface area (Å²) in [7, 11) is 2.98. The van der Waals surface area contributed by atoms with E-state index in [0.29, 0.717) is 33.6 Å². The van der Waals surface area contributed by atoms with Crippen molar-refractivity contribution in [2.45, 2.75) is 18.6 Å². The zero-order valence-electron chi connectivity index (χ0n) is 17.5. The van der Waals surface area contributed by atoms with Crippen molar-refractivity contribution in [1.29, 1.82) is 0 Å². The van der Waals surface area contributed by atoms with E-state index in [1.54, 1.807) is 42.5 Å². The quantitative estimate of drug-likeness (QED) is 0.506. The number of rotatable bonds is 6. The Balaban J connectivity index is 1.37. The van der Waals surface area contributed by atoms with Crippen molar-refractivity contribution in [1.82, 2.24) is 15.1 Å². The SMILES string of the molecule is COc1ccc(N2C(=O)[C@H]3N=NN(Cc4nc(-c5cccc(Cl)c5)no4)[C@@H]3C2=O)cc1OC. The lowest BCUT2D eigenvalue weighted by Crippen LogP contribution is -2.39. The molecular formula is C21H17ClN6O5. The van der Waals surface area contributed by atoms with Crippen LogP contribution in [0.2, 0.25) is 5.02 Å². The smallest absolute Gasteiger partial charge is 0.263 e. The van der Waals surface area contributed by atoms with Crippen molar-refractivity contribution in [3.05, 3.63) is 53.4 Å². The van der Waals surface area contributed by atoms with E-state index in [9.17, 15) is 9.59 Å². The van der Waals surface area contributed by atoms with E-state index in [4.69, 9.17) is 25.6 Å². The topological polar surface area (TPSA) is 123 Å². The number of amides is 2. The molecule has 2 aliphatic heterocycles. The Morgan fingerprint density at radius 3 is 2.64 bits per heavy atom. The molecule has 0 bridgehead atoms. The molecule has 3 aromatic rings. The molecule has 0 radical (unpaired) electrons. The van der Waals surface area contributed by atoms with Gasteiger partial charge < -0.3 is 14.0 Å². The summed E-state index contributed by atoms with van der Waals surface area (Å²) in [6.45, 7) is 0.0109. The molecule has 0 N–H and O–H groups in total. The van der Waals surface area contributed by atoms with Crippen LogP contribution in [0.3, 0.4) is 0 Å². The van der Waals surface area contributed by atoms with Gasteiger partial charge in [0.05, 0.1) is 19.9 Å². The maximum Gasteiger partial charge on any atom is 0.263 e. The second-order valence-electron chi connectivity index (χ2n) is 7.27. The summed E-state index contributed by atoms with van der Waals surface area (Å²) in [4.78, 5) is 31.6. The maximum atomic E-state index is 13.2. The lowest BCUT2D eigenvalue weighted by atomic mass is 10.1. The first-order valence-electron chi connectivity index (χ1n) is 9.86. The molecule has 5 rings (SSSR count). The minimum Gasteiger partial charge on any atom is -0.493 e. The van der Waals surface area contributed by atoms with E-state index in [-0.39, 0.29) is 12.4 Å². The van der Waals surface area contributed by atoms with Crippen LogP contribution in [0.1, 0.15) is 5.89 Å². The number of methoxy groups -OCH3 is 2. The molecule has 168 valence electrons. The fourth-order valence-corrected chi connectivity index (χ4v) is 3.97. The third-order valence-electron chi connectivity index (χ3n) is 5.33. The first-order valence-corrected chi connectivity index (χ1v) is 10.2. The molecule has 2 atom stereocenters. The third-order valence-corrected chi connectivity index (χ3v) is 5.57. The van der Waals surface area contributed by atoms with Crippen molar-refractivity contribution in [2.24, 2.45) is 10.3 Å². The van der Waals surface area contributed by atoms with Gasteiger partial charge in [0, 0.05) is 16.7 Å². The Morgan fingerprint density at radius 2 is 1.88 bits per heavy atom. The Bertz CT molecular complexity index is 1280. The molecule has 3 heterocycles. The molecule has 11 nitrogen and oxygen atoms in total. The Hall–Kier alpha value is -3.99. The van der Waals surface area contributed by atoms with Crippen LogP contribution in [0.5, 0.6) is 11.5 Å². The molecule has 2 aromatic carbocycles. The fraction of sp³-hybridized carbons (Fsp3) is 0.238. The molecule has 12 heteroatoms. The Labute approximate surface area is 192 Å². The van der Waals surface area contributed by atoms with Crippen molar-refractivity contribution < 1.29 is 23.6 Å². The highest BCUT2D eigenvalue weighted by molar-refractivity contribution is 6.30. The van der Waals surface area contributed by atoms with E-state index >= 15 is 0 Å². The first-order chi connectivity index (χ1) is 16.0. The van der Waals surface area contributed by atoms with Crippen LogP contribution in [-0.2, 0) is 16.1 Å². The summed E-state index contributed by atoms with van der Waals surface area (Å²) < 4.78 is 15.8. The van der Waals surface area contributed by atoms with Crippen LogP contribution in [0, 0.1) is 0 Å². The maximum absolute atomic E-state index is 13.2. The van der Waals surface area contributed by atoms with Gasteiger partial charge in [-0.1, -0.05) is 34.1 Å². The molecule has 2 aliphatic rings. The number of hydrogen-bond acceptors (Lipinski definition) is 10. The second-order valence-corrected chi connectivity index (χ2v) is 7.70. The van der Waals surface area contributed by atoms with Gasteiger partial charge in [-0.15, -0.1) is 0 Å². The van der Waals surface area contributed by atoms with Crippen molar-refractivity contribution >= 4 is 29.1 Å². The minimum atomic E-state index is -0.957. The average Bonchev–Trinajstić information content (AvgIpc) is 3.51. The van der Waals surface area contributed by atoms with Gasteiger partial charge in [-0.3, -0.25) is 14.6 Å². The van der Waals surface area contributed by atoms with E-state index < -0.39 is 23.9 Å². The summed E-state index contributed by atoms with van der Waals surface area (Å²) in [5.74, 6) is 0.500. The lowest BCUT2D eigenvalue weighted by Gasteiger charge is -2.20. The summed E-state index contributed by atoms with van der Waals surface area (Å²) in [6, 6.07) is 9.95. The lowest BCUT2D eigenvalue weighted by molar-refractivity contribution is -0.123. The number of anilines is 1. The number of fused-ring (bicyclic) bond motifs is 1. The van der Waals surface area contributed by atoms with Gasteiger partial charge in [0.1, 0.15) is 6.54 Å². The molecule has 0 aliphatic carbocycles. The fourth-order valence-electron chi connectivity index (χ4n) is 3.77. The van der Waals surface area contributed by atoms with Crippen LogP contribution in [-0.4, -0.2) is 53.3 Å². The summed E-state index contributed by atoms with van der Waals surface area (Å²) in [6.07, 6.45) is 0. The molecule has 2 amide bonds. The van der Waals surface area contributed by atoms with E-state index in [2.05, 4.69) is 20.5 Å². The van der Waals surface area contributed by atoms with Crippen molar-refractivity contribution in [3.8, 4) is 22.9 Å². The highest BCUT2D eigenvalue weighted by Crippen LogP contribution is 2.37. The van der Waals surface area contributed by atoms with Crippen molar-refractivity contribution in [3.63, 3.8) is 0 Å². The van der Waals surface area contributed by atoms with E-state index in [0.717, 1.165) is 4.90 Å². The van der Waals surface area contributed by atoms with Gasteiger partial charge in [-0.05, 0) is 24.3 Å². The highest BCUT2D eigenvalue weighted by atomic mass is 35.5. The molecule has 33 heavy (non-hydrogen) atoms. The number of benzene rings is 2. The van der Waals surface area contributed by atoms with Gasteiger partial charge in [-0.2, -0.15) is 10.1 Å². The van der Waals surface area contributed by atoms with Gasteiger partial charge in [0.2, 0.25) is 11.7 Å². The number of aromatic nitrogens is 2. The van der Waals surface area contributed by atoms with E-state index in [1.165, 1.54) is 19.2 Å². The van der Waals surface area contributed by atoms with Gasteiger partial charge in [-0.25, -0.2) is 4.90 Å². The van der Waals surface area contributed by atoms with Gasteiger partial charge >= 0.3 is 0 Å². The monoisotopic (exact) mass is 468 g/mol. The summed E-state index contributed by atoms with van der Waals surface area (Å²) >= 11 is 6.02. The number of nitrogens with zero attached hydrogens (tertiary/aromatic N) is 6. The zero-order valence-corrected chi connectivity index (χ0v) is 18.3. The van der Waals surface area contributed by atoms with E-state index in [1.807, 2.05) is 0 Å². The van der Waals surface area contributed by atoms with Crippen LogP contribution < -0.4 is 14.4 Å². The number of ether oxygens (including phenoxy) is 2. The van der Waals surface area contributed by atoms with Gasteiger partial charge in [0.15, 0.2) is 23.6 Å². The second kappa shape index (κ2) is 8.17. The molecule has 1 saturated heterocycles. The van der Waals surface area contributed by atoms with Crippen LogP contribution in [0.15, 0.2) is 57.3 Å². The predicted molar refractivity (Wildman–Crippen MR) is 115 cm³/mol. The number of carbonyl (C=O) groups is 2. The predicted octanol–water partition coefficient (Wildman–Crippen LogP) is 2.90. The van der Waals surface area contributed by atoms with Crippen LogP contribution >= 0.6 is 11.6 Å². The van der Waals surface area contributed by atoms with Gasteiger partial charge in [0.25, 0.3) is 11.8 Å². The number of halogens is 1. The minimum absolute atomic E-state index is 0.0109. The Morgan fingerprint density at radius 1 is 1.06 bits per heavy atom. The molecule has 0 saturated carbocycles. The first kappa shape index (κ1) is 20.9. The standard InChI is InChI=1S/C21H17ClN6O5/c1-31-14-7-6-13(9-15(14)32-2)28-20(29)17-18(21(28)30)27(26-24-17)10-16-23-19(25-33-16)11-4-3-5-12(22)8-11/h3-9,17-18H,10H2,1-2H3/t17-,18-/m0/s1. The van der Waals surface area contributed by atoms with Crippen molar-refractivity contribution in [2.75, 3.05) is 19.1 Å². The summed E-state index contributed by atoms with van der Waals surface area (Å²) in [5.41, 5.74) is 1.04. The highest BCUT2D eigenvalue weighted by Gasteiger charge is 2.55.